The Morgan fingerprint density at radius 3 is 2.45 bits per heavy atom. The Morgan fingerprint density at radius 2 is 1.90 bits per heavy atom. The molecule has 1 saturated heterocycles. The molecule has 0 amide bonds. The summed E-state index contributed by atoms with van der Waals surface area (Å²) < 4.78 is 38.4. The fourth-order valence-electron chi connectivity index (χ4n) is 2.52. The number of carbonyl (C=O) groups is 1. The highest BCUT2D eigenvalue weighted by Gasteiger charge is 2.35. The summed E-state index contributed by atoms with van der Waals surface area (Å²) in [5.41, 5.74) is 4.16. The largest absolute Gasteiger partial charge is 0.418 e. The molecule has 0 aromatic heterocycles. The maximum absolute atomic E-state index is 12.8. The van der Waals surface area contributed by atoms with Gasteiger partial charge in [0.1, 0.15) is 0 Å². The normalized spacial score (nSPS) is 18.2. The molecule has 110 valence electrons. The van der Waals surface area contributed by atoms with E-state index in [-0.39, 0.29) is 17.3 Å². The van der Waals surface area contributed by atoms with E-state index in [1.807, 2.05) is 7.05 Å². The molecular weight excluding hydrogens is 269 g/mol. The summed E-state index contributed by atoms with van der Waals surface area (Å²) in [4.78, 5) is 14.4. The smallest absolute Gasteiger partial charge is 0.398 e. The summed E-state index contributed by atoms with van der Waals surface area (Å²) >= 11 is 0. The number of hydrogen-bond acceptors (Lipinski definition) is 3. The van der Waals surface area contributed by atoms with E-state index in [9.17, 15) is 18.0 Å². The first-order valence-corrected chi connectivity index (χ1v) is 6.49. The molecular formula is C14H17F3N2O. The van der Waals surface area contributed by atoms with E-state index in [1.165, 1.54) is 12.1 Å². The highest BCUT2D eigenvalue weighted by atomic mass is 19.4. The van der Waals surface area contributed by atoms with E-state index >= 15 is 0 Å². The van der Waals surface area contributed by atoms with Gasteiger partial charge in [-0.1, -0.05) is 6.07 Å². The van der Waals surface area contributed by atoms with Crippen molar-refractivity contribution in [2.45, 2.75) is 19.0 Å². The molecule has 1 aromatic rings. The number of anilines is 1. The molecule has 1 aliphatic rings. The van der Waals surface area contributed by atoms with Crippen molar-refractivity contribution < 1.29 is 18.0 Å². The number of alkyl halides is 3. The molecule has 1 aromatic carbocycles. The zero-order valence-corrected chi connectivity index (χ0v) is 11.2. The van der Waals surface area contributed by atoms with Crippen molar-refractivity contribution >= 4 is 11.5 Å². The third-order valence-corrected chi connectivity index (χ3v) is 3.77. The van der Waals surface area contributed by atoms with Crippen LogP contribution in [0.2, 0.25) is 0 Å². The maximum atomic E-state index is 12.8. The molecule has 20 heavy (non-hydrogen) atoms. The number of halogens is 3. The number of para-hydroxylation sites is 1. The van der Waals surface area contributed by atoms with E-state index in [0.29, 0.717) is 12.8 Å². The van der Waals surface area contributed by atoms with Gasteiger partial charge in [-0.3, -0.25) is 4.79 Å². The second-order valence-electron chi connectivity index (χ2n) is 5.21. The van der Waals surface area contributed by atoms with Crippen LogP contribution in [0.1, 0.15) is 28.8 Å². The van der Waals surface area contributed by atoms with Gasteiger partial charge in [-0.25, -0.2) is 0 Å². The number of benzene rings is 1. The second kappa shape index (κ2) is 5.44. The number of carbonyl (C=O) groups excluding carboxylic acids is 1. The minimum atomic E-state index is -4.53. The van der Waals surface area contributed by atoms with Gasteiger partial charge in [0.15, 0.2) is 5.78 Å². The summed E-state index contributed by atoms with van der Waals surface area (Å²) in [7, 11) is 1.96. The van der Waals surface area contributed by atoms with Crippen molar-refractivity contribution in [2.24, 2.45) is 5.92 Å². The second-order valence-corrected chi connectivity index (χ2v) is 5.21. The van der Waals surface area contributed by atoms with Crippen molar-refractivity contribution in [1.82, 2.24) is 4.90 Å². The van der Waals surface area contributed by atoms with Gasteiger partial charge >= 0.3 is 6.18 Å². The van der Waals surface area contributed by atoms with E-state index < -0.39 is 17.4 Å². The summed E-state index contributed by atoms with van der Waals surface area (Å²) in [5, 5.41) is 0. The van der Waals surface area contributed by atoms with Crippen molar-refractivity contribution in [1.29, 1.82) is 0 Å². The number of rotatable bonds is 2. The molecule has 2 rings (SSSR count). The lowest BCUT2D eigenvalue weighted by Gasteiger charge is -2.28. The first-order chi connectivity index (χ1) is 9.30. The zero-order chi connectivity index (χ0) is 14.9. The monoisotopic (exact) mass is 286 g/mol. The molecule has 1 heterocycles. The minimum absolute atomic E-state index is 0.00521. The topological polar surface area (TPSA) is 46.3 Å². The molecule has 6 heteroatoms. The average molecular weight is 286 g/mol. The van der Waals surface area contributed by atoms with Crippen molar-refractivity contribution in [3.05, 3.63) is 29.3 Å². The van der Waals surface area contributed by atoms with Crippen LogP contribution in [-0.4, -0.2) is 30.8 Å². The third kappa shape index (κ3) is 2.95. The maximum Gasteiger partial charge on any atom is 0.418 e. The van der Waals surface area contributed by atoms with Gasteiger partial charge in [0, 0.05) is 11.5 Å². The molecule has 0 radical (unpaired) electrons. The Morgan fingerprint density at radius 1 is 1.30 bits per heavy atom. The summed E-state index contributed by atoms with van der Waals surface area (Å²) in [6.45, 7) is 1.55. The lowest BCUT2D eigenvalue weighted by Crippen LogP contribution is -2.34. The van der Waals surface area contributed by atoms with Gasteiger partial charge in [0.2, 0.25) is 0 Å². The van der Waals surface area contributed by atoms with Crippen LogP contribution in [0.5, 0.6) is 0 Å². The SMILES string of the molecule is CN1CCC(C(=O)c2cccc(C(F)(F)F)c2N)CC1. The van der Waals surface area contributed by atoms with E-state index in [4.69, 9.17) is 5.73 Å². The van der Waals surface area contributed by atoms with Crippen LogP contribution >= 0.6 is 0 Å². The molecule has 0 atom stereocenters. The average Bonchev–Trinajstić information content (AvgIpc) is 2.37. The number of nitrogen functional groups attached to an aromatic ring is 1. The Bertz CT molecular complexity index is 506. The number of nitrogens with zero attached hydrogens (tertiary/aromatic N) is 1. The van der Waals surface area contributed by atoms with E-state index in [2.05, 4.69) is 4.90 Å². The highest BCUT2D eigenvalue weighted by Crippen LogP contribution is 2.36. The number of piperidine rings is 1. The van der Waals surface area contributed by atoms with Crippen LogP contribution in [0.25, 0.3) is 0 Å². The summed E-state index contributed by atoms with van der Waals surface area (Å²) in [5.74, 6) is -0.515. The number of likely N-dealkylation sites (tertiary alicyclic amines) is 1. The lowest BCUT2D eigenvalue weighted by molar-refractivity contribution is -0.136. The van der Waals surface area contributed by atoms with Gasteiger partial charge in [0.05, 0.1) is 11.3 Å². The van der Waals surface area contributed by atoms with Crippen LogP contribution in [0.3, 0.4) is 0 Å². The molecule has 0 bridgehead atoms. The predicted molar refractivity (Wildman–Crippen MR) is 70.4 cm³/mol. The Kier molecular flexibility index (Phi) is 4.04. The third-order valence-electron chi connectivity index (χ3n) is 3.77. The zero-order valence-electron chi connectivity index (χ0n) is 11.2. The minimum Gasteiger partial charge on any atom is -0.398 e. The molecule has 0 saturated carbocycles. The molecule has 0 unspecified atom stereocenters. The summed E-state index contributed by atoms with van der Waals surface area (Å²) in [6, 6.07) is 3.52. The molecule has 3 nitrogen and oxygen atoms in total. The van der Waals surface area contributed by atoms with Crippen LogP contribution in [-0.2, 0) is 6.18 Å². The van der Waals surface area contributed by atoms with Crippen LogP contribution in [0.4, 0.5) is 18.9 Å². The number of nitrogens with two attached hydrogens (primary N) is 1. The van der Waals surface area contributed by atoms with Crippen molar-refractivity contribution in [3.63, 3.8) is 0 Å². The molecule has 1 aliphatic heterocycles. The van der Waals surface area contributed by atoms with Crippen LogP contribution in [0.15, 0.2) is 18.2 Å². The predicted octanol–water partition coefficient (Wildman–Crippen LogP) is 2.81. The van der Waals surface area contributed by atoms with E-state index in [0.717, 1.165) is 19.2 Å². The fourth-order valence-corrected chi connectivity index (χ4v) is 2.52. The van der Waals surface area contributed by atoms with Gasteiger partial charge in [-0.05, 0) is 45.1 Å². The van der Waals surface area contributed by atoms with Gasteiger partial charge < -0.3 is 10.6 Å². The standard InChI is InChI=1S/C14H17F3N2O/c1-19-7-5-9(6-8-19)13(20)10-3-2-4-11(12(10)18)14(15,16)17/h2-4,9H,5-8,18H2,1H3. The summed E-state index contributed by atoms with van der Waals surface area (Å²) in [6.07, 6.45) is -3.22. The number of hydrogen-bond donors (Lipinski definition) is 1. The van der Waals surface area contributed by atoms with E-state index in [1.54, 1.807) is 0 Å². The molecule has 2 N–H and O–H groups in total. The van der Waals surface area contributed by atoms with Crippen LogP contribution in [0, 0.1) is 5.92 Å². The molecule has 0 aliphatic carbocycles. The molecule has 0 spiro atoms. The Balaban J connectivity index is 2.27. The number of ketones is 1. The highest BCUT2D eigenvalue weighted by molar-refractivity contribution is 6.02. The van der Waals surface area contributed by atoms with Gasteiger partial charge in [0.25, 0.3) is 0 Å². The van der Waals surface area contributed by atoms with Gasteiger partial charge in [-0.15, -0.1) is 0 Å². The molecule has 1 fully saturated rings. The van der Waals surface area contributed by atoms with Crippen LogP contribution < -0.4 is 5.73 Å². The number of Topliss-reactive ketones (excluding diaryl/α,β-unsaturated/α-hetero) is 1. The first-order valence-electron chi connectivity index (χ1n) is 6.49. The van der Waals surface area contributed by atoms with Crippen molar-refractivity contribution in [3.8, 4) is 0 Å². The van der Waals surface area contributed by atoms with Crippen molar-refractivity contribution in [2.75, 3.05) is 25.9 Å². The van der Waals surface area contributed by atoms with Gasteiger partial charge in [-0.2, -0.15) is 13.2 Å². The first kappa shape index (κ1) is 14.8. The Labute approximate surface area is 115 Å². The lowest BCUT2D eigenvalue weighted by atomic mass is 9.87. The fraction of sp³-hybridized carbons (Fsp3) is 0.500. The quantitative estimate of drug-likeness (QED) is 0.671. The Hall–Kier alpha value is -1.56.